The Morgan fingerprint density at radius 1 is 1.35 bits per heavy atom. The topological polar surface area (TPSA) is 109 Å². The molecule has 2 amide bonds. The Bertz CT molecular complexity index is 1170. The Hall–Kier alpha value is -3.26. The van der Waals surface area contributed by atoms with Gasteiger partial charge in [0.15, 0.2) is 0 Å². The molecule has 0 unspecified atom stereocenters. The molecule has 2 fully saturated rings. The summed E-state index contributed by atoms with van der Waals surface area (Å²) in [5.41, 5.74) is 0.508. The number of nitrogens with one attached hydrogen (secondary N) is 2. The second kappa shape index (κ2) is 8.83. The van der Waals surface area contributed by atoms with Crippen LogP contribution in [0.4, 0.5) is 13.2 Å². The van der Waals surface area contributed by atoms with Gasteiger partial charge in [-0.3, -0.25) is 14.3 Å². The molecule has 0 bridgehead atoms. The van der Waals surface area contributed by atoms with Gasteiger partial charge in [-0.2, -0.15) is 10.4 Å². The van der Waals surface area contributed by atoms with Crippen LogP contribution in [-0.4, -0.2) is 39.5 Å². The first kappa shape index (κ1) is 23.9. The number of carbonyl (C=O) groups excluding carboxylic acids is 2. The molecule has 1 atom stereocenters. The Morgan fingerprint density at radius 2 is 2.06 bits per heavy atom. The van der Waals surface area contributed by atoms with Crippen molar-refractivity contribution in [2.24, 2.45) is 7.05 Å². The lowest BCUT2D eigenvalue weighted by molar-refractivity contribution is -0.274. The SMILES string of the molecule is Cn1nc(C2CC2)cc1C(=O)N[C@@H](Cc1ccc(OC(F)(F)F)c(Cl)c1)C(=O)NC1(C#N)CC1. The van der Waals surface area contributed by atoms with Gasteiger partial charge in [-0.25, -0.2) is 0 Å². The number of rotatable bonds is 8. The molecule has 0 radical (unpaired) electrons. The number of nitrogens with zero attached hydrogens (tertiary/aromatic N) is 3. The maximum absolute atomic E-state index is 13.0. The molecule has 2 saturated carbocycles. The lowest BCUT2D eigenvalue weighted by Crippen LogP contribution is -2.51. The predicted molar refractivity (Wildman–Crippen MR) is 114 cm³/mol. The number of benzene rings is 1. The van der Waals surface area contributed by atoms with Crippen LogP contribution in [0, 0.1) is 11.3 Å². The lowest BCUT2D eigenvalue weighted by Gasteiger charge is -2.21. The molecule has 2 N–H and O–H groups in total. The molecule has 1 heterocycles. The van der Waals surface area contributed by atoms with Crippen molar-refractivity contribution < 1.29 is 27.5 Å². The number of nitriles is 1. The van der Waals surface area contributed by atoms with Crippen molar-refractivity contribution in [2.45, 2.75) is 56.0 Å². The normalized spacial score (nSPS) is 17.4. The summed E-state index contributed by atoms with van der Waals surface area (Å²) in [4.78, 5) is 25.9. The monoisotopic (exact) mass is 495 g/mol. The minimum atomic E-state index is -4.90. The van der Waals surface area contributed by atoms with E-state index in [9.17, 15) is 28.0 Å². The molecular weight excluding hydrogens is 475 g/mol. The third-order valence-electron chi connectivity index (χ3n) is 5.74. The molecule has 2 aromatic rings. The van der Waals surface area contributed by atoms with E-state index in [1.54, 1.807) is 13.1 Å². The van der Waals surface area contributed by atoms with Gasteiger partial charge in [0.2, 0.25) is 5.91 Å². The number of carbonyl (C=O) groups is 2. The standard InChI is InChI=1S/C22H21ClF3N5O3/c1-31-17(10-15(30-31)13-3-4-13)20(33)28-16(19(32)29-21(11-27)6-7-21)9-12-2-5-18(14(23)8-12)34-22(24,25)26/h2,5,8,10,13,16H,3-4,6-7,9H2,1H3,(H,28,33)(H,29,32)/t16-/m0/s1. The fraction of sp³-hybridized carbons (Fsp3) is 0.455. The van der Waals surface area contributed by atoms with E-state index in [1.165, 1.54) is 16.8 Å². The highest BCUT2D eigenvalue weighted by molar-refractivity contribution is 6.32. The summed E-state index contributed by atoms with van der Waals surface area (Å²) in [5, 5.41) is 18.7. The van der Waals surface area contributed by atoms with Crippen LogP contribution in [0.5, 0.6) is 5.75 Å². The Kier molecular flexibility index (Phi) is 6.20. The molecule has 0 aliphatic heterocycles. The Balaban J connectivity index is 1.53. The number of ether oxygens (including phenoxy) is 1. The molecule has 4 rings (SSSR count). The summed E-state index contributed by atoms with van der Waals surface area (Å²) >= 11 is 5.93. The summed E-state index contributed by atoms with van der Waals surface area (Å²) in [5.74, 6) is -1.36. The lowest BCUT2D eigenvalue weighted by atomic mass is 10.0. The van der Waals surface area contributed by atoms with Gasteiger partial charge in [0.05, 0.1) is 16.8 Å². The number of aryl methyl sites for hydroxylation is 1. The van der Waals surface area contributed by atoms with Crippen LogP contribution in [0.15, 0.2) is 24.3 Å². The first-order valence-electron chi connectivity index (χ1n) is 10.6. The van der Waals surface area contributed by atoms with Crippen molar-refractivity contribution in [3.63, 3.8) is 0 Å². The summed E-state index contributed by atoms with van der Waals surface area (Å²) in [6, 6.07) is 6.23. The van der Waals surface area contributed by atoms with Crippen LogP contribution in [0.2, 0.25) is 5.02 Å². The number of hydrogen-bond donors (Lipinski definition) is 2. The van der Waals surface area contributed by atoms with Gasteiger partial charge in [-0.05, 0) is 49.4 Å². The van der Waals surface area contributed by atoms with Crippen LogP contribution in [0.1, 0.15) is 53.3 Å². The molecule has 0 saturated heterocycles. The Labute approximate surface area is 198 Å². The number of amides is 2. The molecule has 1 aromatic heterocycles. The highest BCUT2D eigenvalue weighted by Gasteiger charge is 2.46. The van der Waals surface area contributed by atoms with Crippen molar-refractivity contribution >= 4 is 23.4 Å². The van der Waals surface area contributed by atoms with Crippen LogP contribution < -0.4 is 15.4 Å². The summed E-state index contributed by atoms with van der Waals surface area (Å²) in [6.07, 6.45) is -1.96. The van der Waals surface area contributed by atoms with Gasteiger partial charge < -0.3 is 15.4 Å². The fourth-order valence-corrected chi connectivity index (χ4v) is 3.79. The van der Waals surface area contributed by atoms with Crippen molar-refractivity contribution in [3.05, 3.63) is 46.2 Å². The molecule has 2 aliphatic carbocycles. The zero-order valence-corrected chi connectivity index (χ0v) is 18.8. The van der Waals surface area contributed by atoms with Gasteiger partial charge >= 0.3 is 6.36 Å². The van der Waals surface area contributed by atoms with Crippen LogP contribution in [0.3, 0.4) is 0 Å². The molecule has 12 heteroatoms. The van der Waals surface area contributed by atoms with Crippen LogP contribution in [0.25, 0.3) is 0 Å². The molecule has 2 aliphatic rings. The van der Waals surface area contributed by atoms with E-state index in [0.29, 0.717) is 24.3 Å². The van der Waals surface area contributed by atoms with Crippen molar-refractivity contribution in [3.8, 4) is 11.8 Å². The van der Waals surface area contributed by atoms with Gasteiger partial charge in [0.1, 0.15) is 23.0 Å². The maximum atomic E-state index is 13.0. The zero-order chi connectivity index (χ0) is 24.7. The van der Waals surface area contributed by atoms with E-state index in [4.69, 9.17) is 11.6 Å². The van der Waals surface area contributed by atoms with E-state index in [-0.39, 0.29) is 17.1 Å². The van der Waals surface area contributed by atoms with E-state index in [1.807, 2.05) is 0 Å². The van der Waals surface area contributed by atoms with Crippen molar-refractivity contribution in [1.82, 2.24) is 20.4 Å². The largest absolute Gasteiger partial charge is 0.573 e. The first-order valence-corrected chi connectivity index (χ1v) is 11.0. The summed E-state index contributed by atoms with van der Waals surface area (Å²) < 4.78 is 42.8. The third-order valence-corrected chi connectivity index (χ3v) is 6.03. The number of alkyl halides is 3. The van der Waals surface area contributed by atoms with Gasteiger partial charge in [-0.15, -0.1) is 13.2 Å². The fourth-order valence-electron chi connectivity index (χ4n) is 3.55. The predicted octanol–water partition coefficient (Wildman–Crippen LogP) is 3.36. The Morgan fingerprint density at radius 3 is 2.62 bits per heavy atom. The van der Waals surface area contributed by atoms with E-state index >= 15 is 0 Å². The average molecular weight is 496 g/mol. The molecule has 180 valence electrons. The quantitative estimate of drug-likeness (QED) is 0.583. The van der Waals surface area contributed by atoms with Gasteiger partial charge in [-0.1, -0.05) is 17.7 Å². The van der Waals surface area contributed by atoms with E-state index in [0.717, 1.165) is 24.6 Å². The maximum Gasteiger partial charge on any atom is 0.573 e. The molecule has 0 spiro atoms. The van der Waals surface area contributed by atoms with Gasteiger partial charge in [0, 0.05) is 19.4 Å². The highest BCUT2D eigenvalue weighted by atomic mass is 35.5. The first-order chi connectivity index (χ1) is 16.0. The third kappa shape index (κ3) is 5.62. The van der Waals surface area contributed by atoms with Crippen molar-refractivity contribution in [1.29, 1.82) is 5.26 Å². The number of aromatic nitrogens is 2. The van der Waals surface area contributed by atoms with Crippen LogP contribution >= 0.6 is 11.6 Å². The zero-order valence-electron chi connectivity index (χ0n) is 18.1. The van der Waals surface area contributed by atoms with Gasteiger partial charge in [0.25, 0.3) is 5.91 Å². The number of hydrogen-bond acceptors (Lipinski definition) is 5. The minimum absolute atomic E-state index is 0.0710. The summed E-state index contributed by atoms with van der Waals surface area (Å²) in [6.45, 7) is 0. The molecule has 8 nitrogen and oxygen atoms in total. The smallest absolute Gasteiger partial charge is 0.404 e. The second-order valence-electron chi connectivity index (χ2n) is 8.58. The molecule has 34 heavy (non-hydrogen) atoms. The molecular formula is C22H21ClF3N5O3. The molecule has 1 aromatic carbocycles. The average Bonchev–Trinajstić information content (AvgIpc) is 3.68. The van der Waals surface area contributed by atoms with E-state index < -0.39 is 35.5 Å². The second-order valence-corrected chi connectivity index (χ2v) is 8.99. The highest BCUT2D eigenvalue weighted by Crippen LogP contribution is 2.39. The summed E-state index contributed by atoms with van der Waals surface area (Å²) in [7, 11) is 1.63. The minimum Gasteiger partial charge on any atom is -0.404 e. The number of halogens is 4. The van der Waals surface area contributed by atoms with Crippen LogP contribution in [-0.2, 0) is 18.3 Å². The van der Waals surface area contributed by atoms with E-state index in [2.05, 4.69) is 26.5 Å². The van der Waals surface area contributed by atoms with Crippen molar-refractivity contribution in [2.75, 3.05) is 0 Å².